The maximum absolute atomic E-state index is 9.21. The third kappa shape index (κ3) is 1.78. The molecule has 5 heteroatoms. The van der Waals surface area contributed by atoms with E-state index in [0.717, 1.165) is 0 Å². The quantitative estimate of drug-likeness (QED) is 0.478. The molecule has 0 fully saturated rings. The van der Waals surface area contributed by atoms with Gasteiger partial charge in [0.1, 0.15) is 27.2 Å². The largest absolute Gasteiger partial charge is 0.505 e. The van der Waals surface area contributed by atoms with Crippen molar-refractivity contribution in [3.8, 4) is 0 Å². The van der Waals surface area contributed by atoms with E-state index in [1.54, 1.807) is 0 Å². The maximum Gasteiger partial charge on any atom is 0.149 e. The van der Waals surface area contributed by atoms with E-state index in [4.69, 9.17) is 15.7 Å². The van der Waals surface area contributed by atoms with Crippen LogP contribution in [0.5, 0.6) is 0 Å². The van der Waals surface area contributed by atoms with E-state index in [1.807, 2.05) is 0 Å². The minimum atomic E-state index is -0.384. The highest BCUT2D eigenvalue weighted by atomic mass is 79.9. The van der Waals surface area contributed by atoms with Gasteiger partial charge in [0.05, 0.1) is 4.83 Å². The topological polar surface area (TPSA) is 40.5 Å². The molecule has 1 aliphatic carbocycles. The highest BCUT2D eigenvalue weighted by Crippen LogP contribution is 2.21. The number of alkyl halides is 1. The lowest BCUT2D eigenvalue weighted by Crippen LogP contribution is -1.96. The molecule has 4 radical (unpaired) electrons. The predicted molar refractivity (Wildman–Crippen MR) is 52.7 cm³/mol. The molecular formula is C7H5B2BrO2. The Morgan fingerprint density at radius 3 is 1.75 bits per heavy atom. The zero-order valence-corrected chi connectivity index (χ0v) is 7.75. The first-order valence-corrected chi connectivity index (χ1v) is 4.15. The number of allylic oxidation sites excluding steroid dienone is 4. The Labute approximate surface area is 81.6 Å². The minimum Gasteiger partial charge on any atom is -0.505 e. The second-order valence-electron chi connectivity index (χ2n) is 2.39. The van der Waals surface area contributed by atoms with Crippen molar-refractivity contribution < 1.29 is 10.2 Å². The summed E-state index contributed by atoms with van der Waals surface area (Å²) in [6.45, 7) is 0. The van der Waals surface area contributed by atoms with Crippen molar-refractivity contribution in [1.82, 2.24) is 0 Å². The van der Waals surface area contributed by atoms with Crippen LogP contribution >= 0.6 is 15.9 Å². The van der Waals surface area contributed by atoms with Crippen molar-refractivity contribution in [1.29, 1.82) is 0 Å². The van der Waals surface area contributed by atoms with Gasteiger partial charge in [0.2, 0.25) is 0 Å². The molecule has 0 aromatic heterocycles. The average molecular weight is 223 g/mol. The molecule has 0 unspecified atom stereocenters. The molecule has 1 rings (SSSR count). The summed E-state index contributed by atoms with van der Waals surface area (Å²) in [6.07, 6.45) is 3.07. The van der Waals surface area contributed by atoms with Gasteiger partial charge in [0.15, 0.2) is 0 Å². The van der Waals surface area contributed by atoms with Crippen molar-refractivity contribution >= 4 is 31.6 Å². The van der Waals surface area contributed by atoms with E-state index >= 15 is 0 Å². The Balaban J connectivity index is 3.18. The standard InChI is InChI=1S/C7H5B2BrO2/c8-4-1-3(10)2-5(9)7(12)6(4)11/h1-3,11-12H. The number of halogens is 1. The van der Waals surface area contributed by atoms with Crippen LogP contribution in [0, 0.1) is 0 Å². The molecule has 2 nitrogen and oxygen atoms in total. The molecule has 1 aliphatic rings. The molecule has 58 valence electrons. The fraction of sp³-hybridized carbons (Fsp3) is 0.143. The molecule has 0 saturated carbocycles. The number of rotatable bonds is 0. The zero-order chi connectivity index (χ0) is 9.30. The molecule has 0 aliphatic heterocycles. The summed E-state index contributed by atoms with van der Waals surface area (Å²) < 4.78 is 0. The molecule has 0 aromatic carbocycles. The van der Waals surface area contributed by atoms with Gasteiger partial charge in [0, 0.05) is 0 Å². The summed E-state index contributed by atoms with van der Waals surface area (Å²) >= 11 is 3.21. The van der Waals surface area contributed by atoms with E-state index in [-0.39, 0.29) is 27.3 Å². The fourth-order valence-electron chi connectivity index (χ4n) is 0.822. The zero-order valence-electron chi connectivity index (χ0n) is 6.16. The van der Waals surface area contributed by atoms with Crippen LogP contribution in [0.15, 0.2) is 34.6 Å². The molecule has 2 N–H and O–H groups in total. The van der Waals surface area contributed by atoms with Gasteiger partial charge in [-0.2, -0.15) is 0 Å². The second-order valence-corrected chi connectivity index (χ2v) is 3.44. The van der Waals surface area contributed by atoms with E-state index in [2.05, 4.69) is 15.9 Å². The van der Waals surface area contributed by atoms with Crippen LogP contribution in [0.2, 0.25) is 0 Å². The molecule has 0 amide bonds. The monoisotopic (exact) mass is 222 g/mol. The van der Waals surface area contributed by atoms with Crippen molar-refractivity contribution in [3.63, 3.8) is 0 Å². The summed E-state index contributed by atoms with van der Waals surface area (Å²) in [5.41, 5.74) is 0.206. The number of aliphatic hydroxyl groups is 2. The van der Waals surface area contributed by atoms with Crippen LogP contribution in [-0.2, 0) is 0 Å². The Morgan fingerprint density at radius 2 is 1.42 bits per heavy atom. The van der Waals surface area contributed by atoms with Gasteiger partial charge in [-0.15, -0.1) is 0 Å². The van der Waals surface area contributed by atoms with Gasteiger partial charge in [0.25, 0.3) is 0 Å². The van der Waals surface area contributed by atoms with Crippen molar-refractivity contribution in [3.05, 3.63) is 34.6 Å². The molecule has 0 heterocycles. The van der Waals surface area contributed by atoms with Gasteiger partial charge in [-0.25, -0.2) is 0 Å². The van der Waals surface area contributed by atoms with Crippen LogP contribution in [0.4, 0.5) is 0 Å². The Morgan fingerprint density at radius 1 is 1.08 bits per heavy atom. The van der Waals surface area contributed by atoms with Gasteiger partial charge in [-0.3, -0.25) is 0 Å². The Bertz CT molecular complexity index is 266. The summed E-state index contributed by atoms with van der Waals surface area (Å²) in [4.78, 5) is -0.177. The van der Waals surface area contributed by atoms with Gasteiger partial charge < -0.3 is 10.2 Å². The molecule has 0 saturated heterocycles. The van der Waals surface area contributed by atoms with E-state index < -0.39 is 0 Å². The number of aliphatic hydroxyl groups excluding tert-OH is 2. The van der Waals surface area contributed by atoms with Gasteiger partial charge in [-0.1, -0.05) is 39.0 Å². The third-order valence-corrected chi connectivity index (χ3v) is 1.98. The van der Waals surface area contributed by atoms with E-state index in [0.29, 0.717) is 0 Å². The fourth-order valence-corrected chi connectivity index (χ4v) is 1.39. The molecular weight excluding hydrogens is 218 g/mol. The molecule has 0 atom stereocenters. The lowest BCUT2D eigenvalue weighted by molar-refractivity contribution is 0.348. The van der Waals surface area contributed by atoms with Crippen LogP contribution in [0.3, 0.4) is 0 Å². The summed E-state index contributed by atoms with van der Waals surface area (Å²) in [6, 6.07) is 0. The first-order valence-electron chi connectivity index (χ1n) is 3.24. The maximum atomic E-state index is 9.21. The number of hydrogen-bond acceptors (Lipinski definition) is 2. The summed E-state index contributed by atoms with van der Waals surface area (Å²) in [7, 11) is 10.8. The number of hydrogen-bond donors (Lipinski definition) is 2. The van der Waals surface area contributed by atoms with Crippen molar-refractivity contribution in [2.24, 2.45) is 0 Å². The first-order chi connectivity index (χ1) is 5.52. The van der Waals surface area contributed by atoms with E-state index in [9.17, 15) is 10.2 Å². The predicted octanol–water partition coefficient (Wildman–Crippen LogP) is 1.20. The normalized spacial score (nSPS) is 20.1. The Hall–Kier alpha value is -0.570. The van der Waals surface area contributed by atoms with Crippen LogP contribution in [-0.4, -0.2) is 30.7 Å². The summed E-state index contributed by atoms with van der Waals surface area (Å²) in [5.74, 6) is -0.767. The lowest BCUT2D eigenvalue weighted by Gasteiger charge is -2.02. The Kier molecular flexibility index (Phi) is 2.72. The van der Waals surface area contributed by atoms with Crippen LogP contribution in [0.25, 0.3) is 0 Å². The summed E-state index contributed by atoms with van der Waals surface area (Å²) in [5, 5.41) is 18.4. The molecule has 12 heavy (non-hydrogen) atoms. The smallest absolute Gasteiger partial charge is 0.149 e. The van der Waals surface area contributed by atoms with Gasteiger partial charge >= 0.3 is 0 Å². The van der Waals surface area contributed by atoms with Gasteiger partial charge in [-0.05, 0) is 0 Å². The molecule has 0 aromatic rings. The molecule has 0 bridgehead atoms. The van der Waals surface area contributed by atoms with Crippen molar-refractivity contribution in [2.75, 3.05) is 0 Å². The minimum absolute atomic E-state index is 0.103. The van der Waals surface area contributed by atoms with Crippen molar-refractivity contribution in [2.45, 2.75) is 4.83 Å². The average Bonchev–Trinajstić information content (AvgIpc) is 2.05. The SMILES string of the molecule is [B]C1=CC(Br)C=C([B])C(O)=C1O. The third-order valence-electron chi connectivity index (χ3n) is 1.45. The van der Waals surface area contributed by atoms with Crippen LogP contribution in [0.1, 0.15) is 0 Å². The second kappa shape index (κ2) is 3.44. The molecule has 0 spiro atoms. The lowest BCUT2D eigenvalue weighted by atomic mass is 9.89. The van der Waals surface area contributed by atoms with E-state index in [1.165, 1.54) is 12.2 Å². The highest BCUT2D eigenvalue weighted by Gasteiger charge is 2.12. The van der Waals surface area contributed by atoms with Crippen LogP contribution < -0.4 is 0 Å². The first kappa shape index (κ1) is 9.52. The highest BCUT2D eigenvalue weighted by molar-refractivity contribution is 9.09.